The maximum atomic E-state index is 12.2. The summed E-state index contributed by atoms with van der Waals surface area (Å²) in [5.74, 6) is 0.260. The van der Waals surface area contributed by atoms with E-state index in [0.717, 1.165) is 18.5 Å². The van der Waals surface area contributed by atoms with Crippen LogP contribution in [-0.2, 0) is 11.2 Å². The van der Waals surface area contributed by atoms with Crippen LogP contribution < -0.4 is 15.8 Å². The number of aliphatic imine (C=N–C) groups is 1. The van der Waals surface area contributed by atoms with Crippen LogP contribution in [0.5, 0.6) is 5.88 Å². The second kappa shape index (κ2) is 7.65. The summed E-state index contributed by atoms with van der Waals surface area (Å²) in [6, 6.07) is 11.5. The maximum absolute atomic E-state index is 12.2. The molecular weight excluding hydrogens is 320 g/mol. The minimum Gasteiger partial charge on any atom is -0.481 e. The molecule has 0 saturated carbocycles. The second-order valence-electron chi connectivity index (χ2n) is 5.71. The van der Waals surface area contributed by atoms with E-state index in [4.69, 9.17) is 15.2 Å². The number of anilines is 1. The number of carbonyl (C=O) groups is 1. The van der Waals surface area contributed by atoms with Crippen LogP contribution in [-0.4, -0.2) is 36.7 Å². The smallest absolute Gasteiger partial charge is 0.282 e. The highest BCUT2D eigenvalue weighted by molar-refractivity contribution is 6.04. The quantitative estimate of drug-likeness (QED) is 0.838. The molecule has 2 heterocycles. The first-order valence-electron chi connectivity index (χ1n) is 8.00. The molecule has 0 fully saturated rings. The lowest BCUT2D eigenvalue weighted by molar-refractivity contribution is 0.102. The van der Waals surface area contributed by atoms with Crippen LogP contribution in [0.4, 0.5) is 5.69 Å². The summed E-state index contributed by atoms with van der Waals surface area (Å²) in [7, 11) is 1.53. The molecule has 0 aliphatic carbocycles. The zero-order chi connectivity index (χ0) is 17.6. The Morgan fingerprint density at radius 2 is 2.12 bits per heavy atom. The molecular formula is C18H20N4O3. The number of rotatable bonds is 6. The van der Waals surface area contributed by atoms with Gasteiger partial charge in [-0.05, 0) is 36.6 Å². The summed E-state index contributed by atoms with van der Waals surface area (Å²) in [5.41, 5.74) is 7.88. The number of aryl methyl sites for hydroxylation is 1. The first-order valence-corrected chi connectivity index (χ1v) is 8.00. The lowest BCUT2D eigenvalue weighted by Crippen LogP contribution is -2.12. The van der Waals surface area contributed by atoms with Crippen LogP contribution in [0.1, 0.15) is 22.3 Å². The van der Waals surface area contributed by atoms with Gasteiger partial charge >= 0.3 is 0 Å². The molecule has 3 rings (SSSR count). The minimum atomic E-state index is -0.212. The Morgan fingerprint density at radius 3 is 2.72 bits per heavy atom. The van der Waals surface area contributed by atoms with Gasteiger partial charge in [0.1, 0.15) is 6.61 Å². The molecule has 25 heavy (non-hydrogen) atoms. The predicted molar refractivity (Wildman–Crippen MR) is 94.9 cm³/mol. The first kappa shape index (κ1) is 16.8. The van der Waals surface area contributed by atoms with E-state index in [1.54, 1.807) is 12.1 Å². The highest BCUT2D eigenvalue weighted by atomic mass is 16.5. The summed E-state index contributed by atoms with van der Waals surface area (Å²) in [6.07, 6.45) is 3.24. The Labute approximate surface area is 145 Å². The molecule has 3 N–H and O–H groups in total. The van der Waals surface area contributed by atoms with Crippen molar-refractivity contribution in [3.8, 4) is 5.88 Å². The fraction of sp³-hybridized carbons (Fsp3) is 0.278. The van der Waals surface area contributed by atoms with Gasteiger partial charge in [0.25, 0.3) is 11.9 Å². The van der Waals surface area contributed by atoms with Gasteiger partial charge in [-0.25, -0.2) is 9.98 Å². The number of hydrogen-bond donors (Lipinski definition) is 2. The number of amides is 1. The van der Waals surface area contributed by atoms with Gasteiger partial charge in [0.2, 0.25) is 5.88 Å². The molecule has 1 aromatic heterocycles. The van der Waals surface area contributed by atoms with Gasteiger partial charge in [-0.15, -0.1) is 0 Å². The average Bonchev–Trinajstić information content (AvgIpc) is 3.06. The molecule has 1 atom stereocenters. The summed E-state index contributed by atoms with van der Waals surface area (Å²) in [5, 5.41) is 2.85. The standard InChI is InChI=1S/C18H20N4O3/c1-24-16-9-5-13(10-20-16)17(23)21-14-6-2-12(3-7-14)4-8-15-11-25-18(19)22-15/h2-3,5-7,9-10,15H,4,8,11H2,1H3,(H2,19,22)(H,21,23). The van der Waals surface area contributed by atoms with Crippen molar-refractivity contribution >= 4 is 17.6 Å². The molecule has 1 amide bonds. The van der Waals surface area contributed by atoms with Crippen LogP contribution in [0.2, 0.25) is 0 Å². The number of amidine groups is 1. The normalized spacial score (nSPS) is 16.0. The van der Waals surface area contributed by atoms with E-state index in [0.29, 0.717) is 18.1 Å². The molecule has 1 aliphatic heterocycles. The Balaban J connectivity index is 1.53. The lowest BCUT2D eigenvalue weighted by Gasteiger charge is -2.08. The van der Waals surface area contributed by atoms with Crippen molar-refractivity contribution in [2.45, 2.75) is 18.9 Å². The Hall–Kier alpha value is -3.09. The minimum absolute atomic E-state index is 0.127. The van der Waals surface area contributed by atoms with Crippen molar-refractivity contribution in [1.82, 2.24) is 4.98 Å². The highest BCUT2D eigenvalue weighted by Gasteiger charge is 2.16. The molecule has 7 nitrogen and oxygen atoms in total. The fourth-order valence-corrected chi connectivity index (χ4v) is 2.51. The molecule has 0 bridgehead atoms. The van der Waals surface area contributed by atoms with E-state index in [9.17, 15) is 4.79 Å². The van der Waals surface area contributed by atoms with Crippen LogP contribution in [0.15, 0.2) is 47.6 Å². The number of hydrogen-bond acceptors (Lipinski definition) is 6. The fourth-order valence-electron chi connectivity index (χ4n) is 2.51. The van der Waals surface area contributed by atoms with Crippen LogP contribution in [0.3, 0.4) is 0 Å². The summed E-state index contributed by atoms with van der Waals surface area (Å²) in [6.45, 7) is 0.551. The van der Waals surface area contributed by atoms with Gasteiger partial charge < -0.3 is 20.5 Å². The monoisotopic (exact) mass is 340 g/mol. The largest absolute Gasteiger partial charge is 0.481 e. The number of nitrogens with two attached hydrogens (primary N) is 1. The molecule has 1 aromatic carbocycles. The van der Waals surface area contributed by atoms with Crippen molar-refractivity contribution in [2.24, 2.45) is 10.7 Å². The number of methoxy groups -OCH3 is 1. The van der Waals surface area contributed by atoms with Gasteiger partial charge in [0.05, 0.1) is 18.7 Å². The van der Waals surface area contributed by atoms with E-state index in [-0.39, 0.29) is 18.0 Å². The van der Waals surface area contributed by atoms with E-state index in [1.165, 1.54) is 18.9 Å². The summed E-state index contributed by atoms with van der Waals surface area (Å²) < 4.78 is 10.1. The van der Waals surface area contributed by atoms with E-state index >= 15 is 0 Å². The zero-order valence-electron chi connectivity index (χ0n) is 13.9. The highest BCUT2D eigenvalue weighted by Crippen LogP contribution is 2.16. The van der Waals surface area contributed by atoms with E-state index in [2.05, 4.69) is 15.3 Å². The number of aromatic nitrogens is 1. The molecule has 0 spiro atoms. The average molecular weight is 340 g/mol. The molecule has 2 aromatic rings. The molecule has 130 valence electrons. The third-order valence-electron chi connectivity index (χ3n) is 3.92. The van der Waals surface area contributed by atoms with Gasteiger partial charge in [-0.3, -0.25) is 4.79 Å². The zero-order valence-corrected chi connectivity index (χ0v) is 13.9. The molecule has 0 radical (unpaired) electrons. The van der Waals surface area contributed by atoms with Crippen molar-refractivity contribution in [3.05, 3.63) is 53.7 Å². The lowest BCUT2D eigenvalue weighted by atomic mass is 10.1. The number of pyridine rings is 1. The Morgan fingerprint density at radius 1 is 1.32 bits per heavy atom. The molecule has 1 aliphatic rings. The van der Waals surface area contributed by atoms with Crippen molar-refractivity contribution < 1.29 is 14.3 Å². The molecule has 1 unspecified atom stereocenters. The number of nitrogens with zero attached hydrogens (tertiary/aromatic N) is 2. The summed E-state index contributed by atoms with van der Waals surface area (Å²) in [4.78, 5) is 20.4. The van der Waals surface area contributed by atoms with Crippen molar-refractivity contribution in [2.75, 3.05) is 19.0 Å². The molecule has 0 saturated heterocycles. The topological polar surface area (TPSA) is 98.8 Å². The van der Waals surface area contributed by atoms with Crippen molar-refractivity contribution in [3.63, 3.8) is 0 Å². The van der Waals surface area contributed by atoms with Crippen LogP contribution >= 0.6 is 0 Å². The van der Waals surface area contributed by atoms with Gasteiger partial charge in [-0.2, -0.15) is 0 Å². The van der Waals surface area contributed by atoms with E-state index < -0.39 is 0 Å². The Kier molecular flexibility index (Phi) is 5.13. The maximum Gasteiger partial charge on any atom is 0.282 e. The van der Waals surface area contributed by atoms with Crippen molar-refractivity contribution in [1.29, 1.82) is 0 Å². The van der Waals surface area contributed by atoms with Gasteiger partial charge in [0.15, 0.2) is 0 Å². The number of ether oxygens (including phenoxy) is 2. The van der Waals surface area contributed by atoms with Gasteiger partial charge in [-0.1, -0.05) is 12.1 Å². The summed E-state index contributed by atoms with van der Waals surface area (Å²) >= 11 is 0. The third kappa shape index (κ3) is 4.47. The number of benzene rings is 1. The van der Waals surface area contributed by atoms with E-state index in [1.807, 2.05) is 24.3 Å². The van der Waals surface area contributed by atoms with Gasteiger partial charge in [0, 0.05) is 18.0 Å². The first-order chi connectivity index (χ1) is 12.1. The van der Waals surface area contributed by atoms with Crippen LogP contribution in [0, 0.1) is 0 Å². The Bertz CT molecular complexity index is 757. The third-order valence-corrected chi connectivity index (χ3v) is 3.92. The molecule has 7 heteroatoms. The SMILES string of the molecule is COc1ccc(C(=O)Nc2ccc(CCC3COC(N)=N3)cc2)cn1. The number of nitrogens with one attached hydrogen (secondary N) is 1. The number of carbonyl (C=O) groups excluding carboxylic acids is 1. The van der Waals surface area contributed by atoms with Crippen LogP contribution in [0.25, 0.3) is 0 Å². The predicted octanol–water partition coefficient (Wildman–Crippen LogP) is 1.99. The second-order valence-corrected chi connectivity index (χ2v) is 5.71.